The van der Waals surface area contributed by atoms with E-state index in [1.54, 1.807) is 0 Å². The summed E-state index contributed by atoms with van der Waals surface area (Å²) in [7, 11) is 0. The number of hydrogen-bond donors (Lipinski definition) is 0. The van der Waals surface area contributed by atoms with E-state index in [9.17, 15) is 43.9 Å². The van der Waals surface area contributed by atoms with Gasteiger partial charge in [-0.3, -0.25) is 0 Å². The lowest BCUT2D eigenvalue weighted by molar-refractivity contribution is -0.143. The van der Waals surface area contributed by atoms with Gasteiger partial charge in [-0.1, -0.05) is 76.4 Å². The fraction of sp³-hybridized carbons (Fsp3) is 0.345. The van der Waals surface area contributed by atoms with Gasteiger partial charge in [0, 0.05) is 28.8 Å². The Morgan fingerprint density at radius 2 is 0.733 bits per heavy atom. The molecule has 0 fully saturated rings. The van der Waals surface area contributed by atoms with Crippen LogP contribution in [0.3, 0.4) is 0 Å². The van der Waals surface area contributed by atoms with Gasteiger partial charge in [-0.25, -0.2) is 39.5 Å². The first kappa shape index (κ1) is 57.9. The normalized spacial score (nSPS) is 12.3. The highest BCUT2D eigenvalue weighted by Crippen LogP contribution is 2.41. The monoisotopic (exact) mass is 1070 g/mol. The van der Waals surface area contributed by atoms with E-state index in [1.165, 1.54) is 43.3 Å². The first-order valence-corrected chi connectivity index (χ1v) is 24.5. The molecule has 17 heteroatoms. The van der Waals surface area contributed by atoms with Crippen LogP contribution in [0.15, 0.2) is 97.6 Å². The zero-order chi connectivity index (χ0) is 54.6. The van der Waals surface area contributed by atoms with E-state index in [2.05, 4.69) is 6.58 Å². The molecule has 2 nitrogen and oxygen atoms in total. The predicted molar refractivity (Wildman–Crippen MR) is 258 cm³/mol. The Morgan fingerprint density at radius 1 is 0.400 bits per heavy atom. The van der Waals surface area contributed by atoms with Gasteiger partial charge in [-0.15, -0.1) is 6.58 Å². The van der Waals surface area contributed by atoms with Gasteiger partial charge < -0.3 is 9.47 Å². The molecule has 0 amide bonds. The zero-order valence-corrected chi connectivity index (χ0v) is 40.7. The molecular weight excluding hydrogens is 1010 g/mol. The zero-order valence-electron chi connectivity index (χ0n) is 40.7. The van der Waals surface area contributed by atoms with E-state index < -0.39 is 92.5 Å². The Kier molecular flexibility index (Phi) is 20.0. The van der Waals surface area contributed by atoms with Crippen molar-refractivity contribution in [3.05, 3.63) is 167 Å². The second-order valence-electron chi connectivity index (χ2n) is 18.4. The van der Waals surface area contributed by atoms with Crippen LogP contribution in [0.25, 0.3) is 44.5 Å². The van der Waals surface area contributed by atoms with Crippen molar-refractivity contribution in [1.82, 2.24) is 0 Å². The van der Waals surface area contributed by atoms with Crippen LogP contribution in [-0.4, -0.2) is 13.2 Å². The van der Waals surface area contributed by atoms with Crippen LogP contribution in [-0.2, 0) is 12.4 Å². The van der Waals surface area contributed by atoms with Crippen LogP contribution in [0.5, 0.6) is 11.5 Å². The number of alkyl halides is 6. The lowest BCUT2D eigenvalue weighted by Crippen LogP contribution is -2.11. The molecule has 6 rings (SSSR count). The van der Waals surface area contributed by atoms with Crippen molar-refractivity contribution in [2.75, 3.05) is 13.2 Å². The number of hydrogen-bond acceptors (Lipinski definition) is 2. The molecule has 6 aromatic carbocycles. The quantitative estimate of drug-likeness (QED) is 0.0323. The molecule has 1 unspecified atom stereocenters. The minimum atomic E-state index is -5.37. The van der Waals surface area contributed by atoms with Gasteiger partial charge in [0.15, 0.2) is 0 Å². The molecule has 6 aromatic rings. The molecule has 0 aliphatic carbocycles. The maximum Gasteiger partial charge on any atom is 0.422 e. The van der Waals surface area contributed by atoms with E-state index in [0.717, 1.165) is 108 Å². The van der Waals surface area contributed by atoms with Gasteiger partial charge in [0.1, 0.15) is 75.0 Å². The average Bonchev–Trinajstić information content (AvgIpc) is 3.30. The highest BCUT2D eigenvalue weighted by molar-refractivity contribution is 5.76. The molecular formula is C58H53F15O2. The molecule has 0 bridgehead atoms. The van der Waals surface area contributed by atoms with Crippen molar-refractivity contribution in [2.24, 2.45) is 5.92 Å². The van der Waals surface area contributed by atoms with E-state index in [4.69, 9.17) is 9.47 Å². The fourth-order valence-corrected chi connectivity index (χ4v) is 9.08. The highest BCUT2D eigenvalue weighted by Gasteiger charge is 2.39. The minimum Gasteiger partial charge on any atom is -0.493 e. The number of rotatable bonds is 25. The van der Waals surface area contributed by atoms with E-state index in [0.29, 0.717) is 37.7 Å². The molecule has 1 atom stereocenters. The molecule has 402 valence electrons. The summed E-state index contributed by atoms with van der Waals surface area (Å²) >= 11 is 0. The first-order chi connectivity index (χ1) is 35.6. The number of benzene rings is 6. The topological polar surface area (TPSA) is 18.5 Å². The lowest BCUT2D eigenvalue weighted by atomic mass is 9.94. The summed E-state index contributed by atoms with van der Waals surface area (Å²) in [6, 6.07) is 12.8. The number of halogens is 15. The third-order valence-corrected chi connectivity index (χ3v) is 12.9. The van der Waals surface area contributed by atoms with Gasteiger partial charge in [-0.2, -0.15) is 26.3 Å². The Balaban J connectivity index is 0.807. The molecule has 0 spiro atoms. The van der Waals surface area contributed by atoms with Crippen molar-refractivity contribution >= 4 is 0 Å². The van der Waals surface area contributed by atoms with Gasteiger partial charge in [0.2, 0.25) is 0 Å². The van der Waals surface area contributed by atoms with Crippen molar-refractivity contribution in [3.63, 3.8) is 0 Å². The third-order valence-electron chi connectivity index (χ3n) is 12.9. The molecule has 0 aliphatic rings. The van der Waals surface area contributed by atoms with Gasteiger partial charge in [0.25, 0.3) is 0 Å². The molecule has 0 aliphatic heterocycles. The molecule has 75 heavy (non-hydrogen) atoms. The molecule has 0 N–H and O–H groups in total. The van der Waals surface area contributed by atoms with Crippen LogP contribution in [0.4, 0.5) is 65.9 Å². The highest BCUT2D eigenvalue weighted by atomic mass is 19.4. The Hall–Kier alpha value is -6.39. The minimum absolute atomic E-state index is 0.0334. The molecule has 0 aromatic heterocycles. The van der Waals surface area contributed by atoms with Crippen molar-refractivity contribution in [2.45, 2.75) is 109 Å². The Morgan fingerprint density at radius 3 is 1.09 bits per heavy atom. The van der Waals surface area contributed by atoms with E-state index >= 15 is 22.0 Å². The SMILES string of the molecule is C=CC(CCCCCCCCOc1ccc(-c2cc(C)c(-c3cc(F)c(C(F)(F)F)c(F)c3)c(F)c2)c(F)c1)CCCCCCCCOc1ccc(-c2cc(F)c(-c3cc(F)c(C(F)(F)F)c(F)c3)c(F)c2)c(F)c1. The second kappa shape index (κ2) is 25.9. The van der Waals surface area contributed by atoms with Gasteiger partial charge in [-0.05, 0) is 133 Å². The maximum absolute atomic E-state index is 15.3. The number of ether oxygens (including phenoxy) is 2. The van der Waals surface area contributed by atoms with Gasteiger partial charge >= 0.3 is 12.4 Å². The van der Waals surface area contributed by atoms with Crippen LogP contribution in [0.2, 0.25) is 0 Å². The summed E-state index contributed by atoms with van der Waals surface area (Å²) in [5.74, 6) is -12.2. The molecule has 0 saturated carbocycles. The standard InChI is InChI=1S/C58H53F15O2/c1-3-35(16-12-8-4-6-10-14-22-74-40-18-20-42(44(59)32-40)36-24-34(2)53(46(61)25-36)38-28-49(64)55(50(65)29-38)57(68,69)70)17-13-9-5-7-11-15-23-75-41-19-21-43(45(60)33-41)37-26-47(62)54(48(63)27-37)39-30-51(66)56(52(67)31-39)58(71,72)73/h3,18-21,24-33,35H,1,4-17,22-23H2,2H3. The number of aryl methyl sites for hydroxylation is 1. The van der Waals surface area contributed by atoms with Crippen LogP contribution in [0, 0.1) is 65.2 Å². The molecule has 0 radical (unpaired) electrons. The average molecular weight is 1070 g/mol. The largest absolute Gasteiger partial charge is 0.493 e. The fourth-order valence-electron chi connectivity index (χ4n) is 9.08. The Labute approximate surface area is 425 Å². The van der Waals surface area contributed by atoms with Crippen molar-refractivity contribution < 1.29 is 75.3 Å². The van der Waals surface area contributed by atoms with Crippen LogP contribution in [0.1, 0.15) is 107 Å². The smallest absolute Gasteiger partial charge is 0.422 e. The maximum atomic E-state index is 15.3. The second-order valence-corrected chi connectivity index (χ2v) is 18.4. The molecule has 0 heterocycles. The van der Waals surface area contributed by atoms with Crippen molar-refractivity contribution in [1.29, 1.82) is 0 Å². The number of unbranched alkanes of at least 4 members (excludes halogenated alkanes) is 10. The predicted octanol–water partition coefficient (Wildman–Crippen LogP) is 19.7. The van der Waals surface area contributed by atoms with E-state index in [-0.39, 0.29) is 57.0 Å². The lowest BCUT2D eigenvalue weighted by Gasteiger charge is -2.15. The summed E-state index contributed by atoms with van der Waals surface area (Å²) < 4.78 is 222. The first-order valence-electron chi connectivity index (χ1n) is 24.5. The van der Waals surface area contributed by atoms with Crippen molar-refractivity contribution in [3.8, 4) is 56.0 Å². The van der Waals surface area contributed by atoms with E-state index in [1.807, 2.05) is 6.08 Å². The summed E-state index contributed by atoms with van der Waals surface area (Å²) in [6.07, 6.45) is 5.14. The summed E-state index contributed by atoms with van der Waals surface area (Å²) in [5, 5.41) is 0. The summed E-state index contributed by atoms with van der Waals surface area (Å²) in [5.41, 5.74) is -6.94. The van der Waals surface area contributed by atoms with Gasteiger partial charge in [0.05, 0.1) is 18.8 Å². The molecule has 0 saturated heterocycles. The summed E-state index contributed by atoms with van der Waals surface area (Å²) in [6.45, 7) is 6.08. The number of allylic oxidation sites excluding steroid dienone is 1. The Bertz CT molecular complexity index is 2640. The summed E-state index contributed by atoms with van der Waals surface area (Å²) in [4.78, 5) is 0. The van der Waals surface area contributed by atoms with Crippen LogP contribution >= 0.6 is 0 Å². The third kappa shape index (κ3) is 15.4. The van der Waals surface area contributed by atoms with Crippen LogP contribution < -0.4 is 9.47 Å².